The quantitative estimate of drug-likeness (QED) is 0.860. The van der Waals surface area contributed by atoms with Crippen LogP contribution in [0.15, 0.2) is 34.9 Å². The average Bonchev–Trinajstić information content (AvgIpc) is 2.84. The second kappa shape index (κ2) is 4.64. The minimum atomic E-state index is 0.133. The first-order valence-corrected chi connectivity index (χ1v) is 5.91. The molecule has 15 heavy (non-hydrogen) atoms. The van der Waals surface area contributed by atoms with Crippen molar-refractivity contribution in [1.82, 2.24) is 0 Å². The van der Waals surface area contributed by atoms with Gasteiger partial charge in [-0.3, -0.25) is 0 Å². The maximum absolute atomic E-state index is 6.09. The van der Waals surface area contributed by atoms with Crippen LogP contribution in [-0.2, 0) is 6.42 Å². The Morgan fingerprint density at radius 1 is 1.40 bits per heavy atom. The van der Waals surface area contributed by atoms with E-state index in [9.17, 15) is 0 Å². The molecule has 0 aliphatic rings. The predicted octanol–water partition coefficient (Wildman–Crippen LogP) is 3.28. The number of thiophene rings is 1. The van der Waals surface area contributed by atoms with Crippen molar-refractivity contribution in [3.05, 3.63) is 46.0 Å². The number of aryl methyl sites for hydroxylation is 2. The molecule has 0 saturated heterocycles. The lowest BCUT2D eigenvalue weighted by Crippen LogP contribution is -2.09. The Bertz CT molecular complexity index is 405. The Kier molecular flexibility index (Phi) is 3.23. The fourth-order valence-corrected chi connectivity index (χ4v) is 2.46. The molecule has 0 aliphatic carbocycles. The first-order valence-electron chi connectivity index (χ1n) is 5.10. The lowest BCUT2D eigenvalue weighted by Gasteiger charge is -2.07. The standard InChI is InChI=1S/C12H15NOS/c1-9-4-7-12(15-9)11(13)6-5-10-3-2-8-14-10/h2-4,7-8,11H,5-6,13H2,1H3. The van der Waals surface area contributed by atoms with Gasteiger partial charge in [0.1, 0.15) is 5.76 Å². The average molecular weight is 221 g/mol. The van der Waals surface area contributed by atoms with E-state index >= 15 is 0 Å². The third-order valence-electron chi connectivity index (χ3n) is 2.41. The lowest BCUT2D eigenvalue weighted by atomic mass is 10.1. The van der Waals surface area contributed by atoms with Gasteiger partial charge in [0, 0.05) is 22.2 Å². The monoisotopic (exact) mass is 221 g/mol. The van der Waals surface area contributed by atoms with E-state index in [0.29, 0.717) is 0 Å². The fourth-order valence-electron chi connectivity index (χ4n) is 1.55. The number of rotatable bonds is 4. The largest absolute Gasteiger partial charge is 0.469 e. The number of furan rings is 1. The van der Waals surface area contributed by atoms with Crippen LogP contribution in [-0.4, -0.2) is 0 Å². The van der Waals surface area contributed by atoms with E-state index in [1.54, 1.807) is 17.6 Å². The molecule has 2 aromatic rings. The Morgan fingerprint density at radius 2 is 2.27 bits per heavy atom. The van der Waals surface area contributed by atoms with Crippen LogP contribution in [0, 0.1) is 6.92 Å². The zero-order valence-corrected chi connectivity index (χ0v) is 9.59. The summed E-state index contributed by atoms with van der Waals surface area (Å²) in [6.07, 6.45) is 3.55. The highest BCUT2D eigenvalue weighted by atomic mass is 32.1. The minimum absolute atomic E-state index is 0.133. The van der Waals surface area contributed by atoms with Crippen LogP contribution in [0.4, 0.5) is 0 Å². The summed E-state index contributed by atoms with van der Waals surface area (Å²) < 4.78 is 5.27. The van der Waals surface area contributed by atoms with Gasteiger partial charge in [-0.25, -0.2) is 0 Å². The van der Waals surface area contributed by atoms with Crippen molar-refractivity contribution < 1.29 is 4.42 Å². The van der Waals surface area contributed by atoms with Crippen LogP contribution in [0.3, 0.4) is 0 Å². The van der Waals surface area contributed by atoms with Crippen molar-refractivity contribution in [1.29, 1.82) is 0 Å². The van der Waals surface area contributed by atoms with Gasteiger partial charge in [-0.1, -0.05) is 0 Å². The van der Waals surface area contributed by atoms with Crippen LogP contribution in [0.2, 0.25) is 0 Å². The van der Waals surface area contributed by atoms with Crippen molar-refractivity contribution in [2.45, 2.75) is 25.8 Å². The molecule has 0 spiro atoms. The van der Waals surface area contributed by atoms with Gasteiger partial charge in [-0.2, -0.15) is 0 Å². The summed E-state index contributed by atoms with van der Waals surface area (Å²) in [5.41, 5.74) is 6.09. The molecule has 0 amide bonds. The molecule has 2 heterocycles. The van der Waals surface area contributed by atoms with E-state index in [-0.39, 0.29) is 6.04 Å². The molecule has 0 saturated carbocycles. The third kappa shape index (κ3) is 2.70. The summed E-state index contributed by atoms with van der Waals surface area (Å²) in [7, 11) is 0. The third-order valence-corrected chi connectivity index (χ3v) is 3.54. The Hall–Kier alpha value is -1.06. The minimum Gasteiger partial charge on any atom is -0.469 e. The van der Waals surface area contributed by atoms with Crippen LogP contribution in [0.25, 0.3) is 0 Å². The van der Waals surface area contributed by atoms with E-state index in [0.717, 1.165) is 18.6 Å². The van der Waals surface area contributed by atoms with E-state index < -0.39 is 0 Å². The van der Waals surface area contributed by atoms with Gasteiger partial charge in [0.2, 0.25) is 0 Å². The zero-order chi connectivity index (χ0) is 10.7. The lowest BCUT2D eigenvalue weighted by molar-refractivity contribution is 0.489. The molecule has 0 aliphatic heterocycles. The Balaban J connectivity index is 1.90. The van der Waals surface area contributed by atoms with Gasteiger partial charge in [0.15, 0.2) is 0 Å². The summed E-state index contributed by atoms with van der Waals surface area (Å²) in [5.74, 6) is 1.01. The predicted molar refractivity (Wildman–Crippen MR) is 63.0 cm³/mol. The van der Waals surface area contributed by atoms with Crippen LogP contribution in [0.5, 0.6) is 0 Å². The topological polar surface area (TPSA) is 39.2 Å². The molecule has 0 radical (unpaired) electrons. The molecule has 3 heteroatoms. The highest BCUT2D eigenvalue weighted by Crippen LogP contribution is 2.24. The molecule has 2 aromatic heterocycles. The number of hydrogen-bond donors (Lipinski definition) is 1. The van der Waals surface area contributed by atoms with E-state index in [1.165, 1.54) is 9.75 Å². The maximum atomic E-state index is 6.09. The van der Waals surface area contributed by atoms with Crippen molar-refractivity contribution in [3.63, 3.8) is 0 Å². The highest BCUT2D eigenvalue weighted by Gasteiger charge is 2.08. The van der Waals surface area contributed by atoms with Crippen LogP contribution < -0.4 is 5.73 Å². The van der Waals surface area contributed by atoms with Gasteiger partial charge in [-0.15, -0.1) is 11.3 Å². The van der Waals surface area contributed by atoms with Gasteiger partial charge in [0.05, 0.1) is 6.26 Å². The highest BCUT2D eigenvalue weighted by molar-refractivity contribution is 7.12. The molecule has 0 aromatic carbocycles. The van der Waals surface area contributed by atoms with Crippen LogP contribution in [0.1, 0.15) is 28.0 Å². The fraction of sp³-hybridized carbons (Fsp3) is 0.333. The summed E-state index contributed by atoms with van der Waals surface area (Å²) in [5, 5.41) is 0. The Morgan fingerprint density at radius 3 is 2.87 bits per heavy atom. The molecule has 0 bridgehead atoms. The van der Waals surface area contributed by atoms with Crippen molar-refractivity contribution in [2.24, 2.45) is 5.73 Å². The maximum Gasteiger partial charge on any atom is 0.103 e. The van der Waals surface area contributed by atoms with Gasteiger partial charge >= 0.3 is 0 Å². The molecule has 2 rings (SSSR count). The first kappa shape index (κ1) is 10.5. The van der Waals surface area contributed by atoms with Crippen molar-refractivity contribution in [2.75, 3.05) is 0 Å². The van der Waals surface area contributed by atoms with Crippen molar-refractivity contribution in [3.8, 4) is 0 Å². The summed E-state index contributed by atoms with van der Waals surface area (Å²) in [6.45, 7) is 2.10. The van der Waals surface area contributed by atoms with Gasteiger partial charge in [-0.05, 0) is 37.6 Å². The van der Waals surface area contributed by atoms with Gasteiger partial charge < -0.3 is 10.2 Å². The molecular formula is C12H15NOS. The zero-order valence-electron chi connectivity index (χ0n) is 8.77. The summed E-state index contributed by atoms with van der Waals surface area (Å²) in [4.78, 5) is 2.58. The number of hydrogen-bond acceptors (Lipinski definition) is 3. The van der Waals surface area contributed by atoms with E-state index in [1.807, 2.05) is 12.1 Å². The molecule has 80 valence electrons. The van der Waals surface area contributed by atoms with Crippen molar-refractivity contribution >= 4 is 11.3 Å². The molecule has 0 fully saturated rings. The second-order valence-electron chi connectivity index (χ2n) is 3.67. The second-order valence-corrected chi connectivity index (χ2v) is 4.99. The molecular weight excluding hydrogens is 206 g/mol. The Labute approximate surface area is 93.7 Å². The van der Waals surface area contributed by atoms with E-state index in [4.69, 9.17) is 10.2 Å². The molecule has 2 N–H and O–H groups in total. The SMILES string of the molecule is Cc1ccc(C(N)CCc2ccco2)s1. The smallest absolute Gasteiger partial charge is 0.103 e. The molecule has 1 atom stereocenters. The van der Waals surface area contributed by atoms with Crippen LogP contribution >= 0.6 is 11.3 Å². The van der Waals surface area contributed by atoms with Gasteiger partial charge in [0.25, 0.3) is 0 Å². The summed E-state index contributed by atoms with van der Waals surface area (Å²) >= 11 is 1.78. The molecule has 1 unspecified atom stereocenters. The number of nitrogens with two attached hydrogens (primary N) is 1. The normalized spacial score (nSPS) is 12.9. The first-order chi connectivity index (χ1) is 7.25. The molecule has 2 nitrogen and oxygen atoms in total. The van der Waals surface area contributed by atoms with E-state index in [2.05, 4.69) is 19.1 Å². The summed E-state index contributed by atoms with van der Waals surface area (Å²) in [6, 6.07) is 8.27.